The van der Waals surface area contributed by atoms with Crippen LogP contribution in [0.4, 0.5) is 0 Å². The van der Waals surface area contributed by atoms with Crippen LogP contribution in [0.2, 0.25) is 10.0 Å². The van der Waals surface area contributed by atoms with Gasteiger partial charge in [0.2, 0.25) is 0 Å². The van der Waals surface area contributed by atoms with E-state index in [2.05, 4.69) is 0 Å². The van der Waals surface area contributed by atoms with Crippen LogP contribution in [-0.2, 0) is 6.04 Å². The second-order valence-electron chi connectivity index (χ2n) is 2.90. The SMILES string of the molecule is Cc1cc(Cl)c(Cl)c(C[Si]Cl)c1C. The van der Waals surface area contributed by atoms with Crippen molar-refractivity contribution in [1.29, 1.82) is 0 Å². The number of benzene rings is 1. The predicted octanol–water partition coefficient (Wildman–Crippen LogP) is 3.97. The summed E-state index contributed by atoms with van der Waals surface area (Å²) in [6.45, 7) is 4.07. The third kappa shape index (κ3) is 2.41. The van der Waals surface area contributed by atoms with Gasteiger partial charge < -0.3 is 0 Å². The van der Waals surface area contributed by atoms with Crippen molar-refractivity contribution in [2.75, 3.05) is 0 Å². The molecule has 0 aliphatic carbocycles. The Bertz CT molecular complexity index is 297. The van der Waals surface area contributed by atoms with Crippen molar-refractivity contribution in [3.8, 4) is 0 Å². The monoisotopic (exact) mass is 250 g/mol. The molecule has 0 aromatic heterocycles. The average Bonchev–Trinajstić information content (AvgIpc) is 2.09. The van der Waals surface area contributed by atoms with Crippen molar-refractivity contribution in [3.63, 3.8) is 0 Å². The molecule has 0 aliphatic rings. The second-order valence-corrected chi connectivity index (χ2v) is 5.11. The van der Waals surface area contributed by atoms with Crippen LogP contribution < -0.4 is 0 Å². The first kappa shape index (κ1) is 11.4. The molecule has 70 valence electrons. The van der Waals surface area contributed by atoms with Crippen molar-refractivity contribution in [2.45, 2.75) is 19.9 Å². The highest BCUT2D eigenvalue weighted by atomic mass is 35.6. The summed E-state index contributed by atoms with van der Waals surface area (Å²) in [5, 5.41) is 1.27. The zero-order valence-electron chi connectivity index (χ0n) is 7.42. The van der Waals surface area contributed by atoms with Crippen LogP contribution in [0.1, 0.15) is 16.7 Å². The number of hydrogen-bond donors (Lipinski definition) is 0. The van der Waals surface area contributed by atoms with Crippen molar-refractivity contribution >= 4 is 43.1 Å². The zero-order valence-corrected chi connectivity index (χ0v) is 10.7. The largest absolute Gasteiger partial charge is 0.176 e. The summed E-state index contributed by atoms with van der Waals surface area (Å²) >= 11 is 17.7. The van der Waals surface area contributed by atoms with E-state index < -0.39 is 0 Å². The molecule has 0 spiro atoms. The zero-order chi connectivity index (χ0) is 10.0. The maximum absolute atomic E-state index is 6.06. The normalized spacial score (nSPS) is 10.5. The Morgan fingerprint density at radius 2 is 1.92 bits per heavy atom. The maximum atomic E-state index is 6.06. The van der Waals surface area contributed by atoms with Gasteiger partial charge in [0.05, 0.1) is 10.0 Å². The molecule has 4 heteroatoms. The molecule has 0 N–H and O–H groups in total. The molecule has 0 saturated heterocycles. The van der Waals surface area contributed by atoms with E-state index in [1.165, 1.54) is 11.1 Å². The molecular formula is C9H9Cl3Si. The molecule has 0 atom stereocenters. The summed E-state index contributed by atoms with van der Waals surface area (Å²) in [6, 6.07) is 2.69. The molecule has 0 saturated carbocycles. The Balaban J connectivity index is 3.28. The third-order valence-electron chi connectivity index (χ3n) is 2.11. The van der Waals surface area contributed by atoms with Gasteiger partial charge in [-0.1, -0.05) is 23.2 Å². The van der Waals surface area contributed by atoms with Crippen molar-refractivity contribution in [2.24, 2.45) is 0 Å². The van der Waals surface area contributed by atoms with Gasteiger partial charge in [0.1, 0.15) is 0 Å². The Morgan fingerprint density at radius 1 is 1.31 bits per heavy atom. The second kappa shape index (κ2) is 4.69. The van der Waals surface area contributed by atoms with E-state index in [4.69, 9.17) is 34.3 Å². The number of hydrogen-bond acceptors (Lipinski definition) is 0. The molecule has 0 bridgehead atoms. The molecule has 13 heavy (non-hydrogen) atoms. The Hall–Kier alpha value is 0.307. The van der Waals surface area contributed by atoms with E-state index >= 15 is 0 Å². The van der Waals surface area contributed by atoms with Crippen LogP contribution in [0.5, 0.6) is 0 Å². The predicted molar refractivity (Wildman–Crippen MR) is 61.2 cm³/mol. The molecule has 1 aromatic carbocycles. The van der Waals surface area contributed by atoms with Crippen LogP contribution in [0.25, 0.3) is 0 Å². The summed E-state index contributed by atoms with van der Waals surface area (Å²) in [7, 11) is 0.350. The molecule has 2 radical (unpaired) electrons. The Kier molecular flexibility index (Phi) is 4.11. The fourth-order valence-corrected chi connectivity index (χ4v) is 2.81. The topological polar surface area (TPSA) is 0 Å². The van der Waals surface area contributed by atoms with Gasteiger partial charge in [0, 0.05) is 0 Å². The highest BCUT2D eigenvalue weighted by molar-refractivity contribution is 6.93. The van der Waals surface area contributed by atoms with Gasteiger partial charge in [-0.2, -0.15) is 11.1 Å². The lowest BCUT2D eigenvalue weighted by Gasteiger charge is -2.10. The van der Waals surface area contributed by atoms with E-state index in [1.807, 2.05) is 19.9 Å². The van der Waals surface area contributed by atoms with E-state index in [-0.39, 0.29) is 0 Å². The minimum Gasteiger partial charge on any atom is -0.171 e. The quantitative estimate of drug-likeness (QED) is 0.551. The highest BCUT2D eigenvalue weighted by Gasteiger charge is 2.10. The number of rotatable bonds is 2. The summed E-state index contributed by atoms with van der Waals surface area (Å²) < 4.78 is 0. The Labute approximate surface area is 95.7 Å². The molecule has 0 nitrogen and oxygen atoms in total. The van der Waals surface area contributed by atoms with Crippen molar-refractivity contribution in [1.82, 2.24) is 0 Å². The fourth-order valence-electron chi connectivity index (χ4n) is 1.19. The van der Waals surface area contributed by atoms with Crippen molar-refractivity contribution in [3.05, 3.63) is 32.8 Å². The minimum atomic E-state index is 0.350. The summed E-state index contributed by atoms with van der Waals surface area (Å²) in [6.07, 6.45) is 0. The first-order chi connectivity index (χ1) is 6.07. The van der Waals surface area contributed by atoms with Crippen LogP contribution in [-0.4, -0.2) is 8.83 Å². The van der Waals surface area contributed by atoms with Crippen LogP contribution in [0.3, 0.4) is 0 Å². The molecule has 0 heterocycles. The van der Waals surface area contributed by atoms with Crippen LogP contribution in [0.15, 0.2) is 6.07 Å². The van der Waals surface area contributed by atoms with Crippen LogP contribution >= 0.6 is 34.3 Å². The summed E-state index contributed by atoms with van der Waals surface area (Å²) in [4.78, 5) is 0. The first-order valence-electron chi connectivity index (χ1n) is 3.85. The average molecular weight is 252 g/mol. The number of aryl methyl sites for hydroxylation is 1. The van der Waals surface area contributed by atoms with Gasteiger partial charge in [0.15, 0.2) is 8.83 Å². The van der Waals surface area contributed by atoms with E-state index in [0.717, 1.165) is 11.6 Å². The van der Waals surface area contributed by atoms with Gasteiger partial charge in [-0.3, -0.25) is 0 Å². The molecular weight excluding hydrogens is 243 g/mol. The molecule has 1 rings (SSSR count). The lowest BCUT2D eigenvalue weighted by molar-refractivity contribution is 1.24. The van der Waals surface area contributed by atoms with E-state index in [1.54, 1.807) is 0 Å². The summed E-state index contributed by atoms with van der Waals surface area (Å²) in [5.74, 6) is 0. The lowest BCUT2D eigenvalue weighted by Crippen LogP contribution is -1.97. The highest BCUT2D eigenvalue weighted by Crippen LogP contribution is 2.30. The van der Waals surface area contributed by atoms with Gasteiger partial charge in [-0.05, 0) is 42.6 Å². The van der Waals surface area contributed by atoms with Gasteiger partial charge in [0.25, 0.3) is 0 Å². The smallest absolute Gasteiger partial charge is 0.171 e. The molecule has 0 aliphatic heterocycles. The minimum absolute atomic E-state index is 0.350. The van der Waals surface area contributed by atoms with Gasteiger partial charge >= 0.3 is 0 Å². The first-order valence-corrected chi connectivity index (χ1v) is 6.83. The van der Waals surface area contributed by atoms with E-state index in [0.29, 0.717) is 18.9 Å². The standard InChI is InChI=1S/C9H9Cl3Si/c1-5-3-8(10)9(11)7(4-13-12)6(5)2/h3H,4H2,1-2H3. The summed E-state index contributed by atoms with van der Waals surface area (Å²) in [5.41, 5.74) is 3.45. The molecule has 0 amide bonds. The van der Waals surface area contributed by atoms with E-state index in [9.17, 15) is 0 Å². The third-order valence-corrected chi connectivity index (χ3v) is 3.82. The molecule has 0 unspecified atom stereocenters. The van der Waals surface area contributed by atoms with Gasteiger partial charge in [-0.15, -0.1) is 0 Å². The van der Waals surface area contributed by atoms with Crippen molar-refractivity contribution < 1.29 is 0 Å². The van der Waals surface area contributed by atoms with Gasteiger partial charge in [-0.25, -0.2) is 0 Å². The number of halogens is 3. The molecule has 0 fully saturated rings. The Morgan fingerprint density at radius 3 is 2.46 bits per heavy atom. The van der Waals surface area contributed by atoms with Crippen LogP contribution in [0, 0.1) is 13.8 Å². The lowest BCUT2D eigenvalue weighted by atomic mass is 10.0. The fraction of sp³-hybridized carbons (Fsp3) is 0.333. The molecule has 1 aromatic rings. The maximum Gasteiger partial charge on any atom is 0.176 e.